The van der Waals surface area contributed by atoms with Gasteiger partial charge in [0, 0.05) is 18.3 Å². The summed E-state index contributed by atoms with van der Waals surface area (Å²) in [6.07, 6.45) is 4.19. The monoisotopic (exact) mass is 433 g/mol. The second kappa shape index (κ2) is 8.43. The standard InChI is InChI=1S/C23H21F2N7/c24-19-4-3-5-20(21(19)25)32-23(28-29-30-32)18-12-17(13-27-22(18)26)16-8-6-15(7-9-16)14-31-10-1-2-11-31/h3-9,12-13H,1-2,10-11,14H2,(H2,26,27). The third-order valence-electron chi connectivity index (χ3n) is 5.68. The van der Waals surface area contributed by atoms with Crippen molar-refractivity contribution in [3.05, 3.63) is 71.9 Å². The van der Waals surface area contributed by atoms with Crippen LogP contribution in [0, 0.1) is 11.6 Å². The van der Waals surface area contributed by atoms with Crippen LogP contribution in [0.2, 0.25) is 0 Å². The summed E-state index contributed by atoms with van der Waals surface area (Å²) in [5, 5.41) is 11.5. The molecule has 1 fully saturated rings. The van der Waals surface area contributed by atoms with E-state index in [-0.39, 0.29) is 17.3 Å². The second-order valence-electron chi connectivity index (χ2n) is 7.82. The van der Waals surface area contributed by atoms with Crippen LogP contribution in [0.3, 0.4) is 0 Å². The first-order valence-electron chi connectivity index (χ1n) is 10.4. The van der Waals surface area contributed by atoms with Crippen molar-refractivity contribution >= 4 is 5.82 Å². The zero-order chi connectivity index (χ0) is 22.1. The van der Waals surface area contributed by atoms with E-state index in [9.17, 15) is 8.78 Å². The molecule has 1 saturated heterocycles. The van der Waals surface area contributed by atoms with Gasteiger partial charge in [-0.25, -0.2) is 13.8 Å². The highest BCUT2D eigenvalue weighted by Crippen LogP contribution is 2.30. The highest BCUT2D eigenvalue weighted by Gasteiger charge is 2.19. The van der Waals surface area contributed by atoms with Gasteiger partial charge in [0.15, 0.2) is 17.5 Å². The van der Waals surface area contributed by atoms with E-state index in [0.717, 1.165) is 41.5 Å². The molecule has 0 aliphatic carbocycles. The number of rotatable bonds is 5. The van der Waals surface area contributed by atoms with Crippen LogP contribution in [0.5, 0.6) is 0 Å². The quantitative estimate of drug-likeness (QED) is 0.515. The van der Waals surface area contributed by atoms with Crippen molar-refractivity contribution in [1.82, 2.24) is 30.1 Å². The number of likely N-dealkylation sites (tertiary alicyclic amines) is 1. The Morgan fingerprint density at radius 1 is 0.969 bits per heavy atom. The van der Waals surface area contributed by atoms with Gasteiger partial charge in [0.1, 0.15) is 11.5 Å². The number of tetrazole rings is 1. The Morgan fingerprint density at radius 2 is 1.75 bits per heavy atom. The third-order valence-corrected chi connectivity index (χ3v) is 5.68. The van der Waals surface area contributed by atoms with Gasteiger partial charge < -0.3 is 5.73 Å². The third kappa shape index (κ3) is 3.82. The lowest BCUT2D eigenvalue weighted by molar-refractivity contribution is 0.331. The summed E-state index contributed by atoms with van der Waals surface area (Å²) in [5.41, 5.74) is 9.44. The number of pyridine rings is 1. The molecule has 0 unspecified atom stereocenters. The van der Waals surface area contributed by atoms with Crippen molar-refractivity contribution in [1.29, 1.82) is 0 Å². The van der Waals surface area contributed by atoms with Gasteiger partial charge in [-0.1, -0.05) is 30.3 Å². The number of hydrogen-bond acceptors (Lipinski definition) is 6. The Bertz CT molecular complexity index is 1250. The number of hydrogen-bond donors (Lipinski definition) is 1. The van der Waals surface area contributed by atoms with Gasteiger partial charge in [-0.05, 0) is 65.7 Å². The number of halogens is 2. The van der Waals surface area contributed by atoms with Crippen LogP contribution < -0.4 is 5.73 Å². The Hall–Kier alpha value is -3.72. The average molecular weight is 433 g/mol. The molecular formula is C23H21F2N7. The molecule has 9 heteroatoms. The molecule has 2 N–H and O–H groups in total. The fourth-order valence-electron chi connectivity index (χ4n) is 3.99. The first-order valence-corrected chi connectivity index (χ1v) is 10.4. The summed E-state index contributed by atoms with van der Waals surface area (Å²) in [7, 11) is 0. The lowest BCUT2D eigenvalue weighted by Crippen LogP contribution is -2.18. The molecule has 0 radical (unpaired) electrons. The van der Waals surface area contributed by atoms with Gasteiger partial charge in [-0.15, -0.1) is 5.10 Å². The molecule has 0 atom stereocenters. The Morgan fingerprint density at radius 3 is 2.53 bits per heavy atom. The number of nitrogens with zero attached hydrogens (tertiary/aromatic N) is 6. The molecule has 5 rings (SSSR count). The molecule has 4 aromatic rings. The van der Waals surface area contributed by atoms with Crippen LogP contribution in [0.15, 0.2) is 54.7 Å². The van der Waals surface area contributed by atoms with Gasteiger partial charge >= 0.3 is 0 Å². The molecule has 2 aromatic heterocycles. The summed E-state index contributed by atoms with van der Waals surface area (Å²) in [4.78, 5) is 6.73. The van der Waals surface area contributed by atoms with Gasteiger partial charge in [0.2, 0.25) is 0 Å². The zero-order valence-corrected chi connectivity index (χ0v) is 17.2. The SMILES string of the molecule is Nc1ncc(-c2ccc(CN3CCCC3)cc2)cc1-c1nnnn1-c1cccc(F)c1F. The van der Waals surface area contributed by atoms with E-state index >= 15 is 0 Å². The normalized spacial score (nSPS) is 14.2. The van der Waals surface area contributed by atoms with Gasteiger partial charge in [0.05, 0.1) is 5.56 Å². The van der Waals surface area contributed by atoms with Crippen molar-refractivity contribution in [3.8, 4) is 28.2 Å². The second-order valence-corrected chi connectivity index (χ2v) is 7.82. The lowest BCUT2D eigenvalue weighted by Gasteiger charge is -2.15. The van der Waals surface area contributed by atoms with Crippen LogP contribution in [-0.4, -0.2) is 43.2 Å². The average Bonchev–Trinajstić information content (AvgIpc) is 3.49. The largest absolute Gasteiger partial charge is 0.383 e. The molecule has 7 nitrogen and oxygen atoms in total. The van der Waals surface area contributed by atoms with Crippen LogP contribution in [0.1, 0.15) is 18.4 Å². The van der Waals surface area contributed by atoms with Gasteiger partial charge in [-0.2, -0.15) is 4.68 Å². The summed E-state index contributed by atoms with van der Waals surface area (Å²) < 4.78 is 29.2. The van der Waals surface area contributed by atoms with Gasteiger partial charge in [0.25, 0.3) is 0 Å². The molecule has 0 spiro atoms. The molecule has 0 amide bonds. The van der Waals surface area contributed by atoms with E-state index < -0.39 is 11.6 Å². The smallest absolute Gasteiger partial charge is 0.190 e. The minimum Gasteiger partial charge on any atom is -0.383 e. The number of nitrogens with two attached hydrogens (primary N) is 1. The fraction of sp³-hybridized carbons (Fsp3) is 0.217. The lowest BCUT2D eigenvalue weighted by atomic mass is 10.0. The molecule has 0 bridgehead atoms. The predicted molar refractivity (Wildman–Crippen MR) is 117 cm³/mol. The van der Waals surface area contributed by atoms with Crippen molar-refractivity contribution in [2.75, 3.05) is 18.8 Å². The molecule has 32 heavy (non-hydrogen) atoms. The van der Waals surface area contributed by atoms with E-state index in [2.05, 4.69) is 37.5 Å². The Balaban J connectivity index is 1.48. The van der Waals surface area contributed by atoms with E-state index in [1.165, 1.54) is 30.5 Å². The van der Waals surface area contributed by atoms with E-state index in [1.54, 1.807) is 12.3 Å². The zero-order valence-electron chi connectivity index (χ0n) is 17.2. The maximum Gasteiger partial charge on any atom is 0.190 e. The summed E-state index contributed by atoms with van der Waals surface area (Å²) in [6.45, 7) is 3.24. The molecule has 1 aliphatic rings. The van der Waals surface area contributed by atoms with Gasteiger partial charge in [-0.3, -0.25) is 4.90 Å². The molecule has 3 heterocycles. The van der Waals surface area contributed by atoms with Crippen LogP contribution in [0.25, 0.3) is 28.2 Å². The highest BCUT2D eigenvalue weighted by molar-refractivity contribution is 5.76. The van der Waals surface area contributed by atoms with E-state index in [1.807, 2.05) is 12.1 Å². The fourth-order valence-corrected chi connectivity index (χ4v) is 3.99. The maximum atomic E-state index is 14.3. The number of nitrogen functional groups attached to an aromatic ring is 1. The topological polar surface area (TPSA) is 85.8 Å². The molecular weight excluding hydrogens is 412 g/mol. The predicted octanol–water partition coefficient (Wildman–Crippen LogP) is 3.85. The molecule has 162 valence electrons. The van der Waals surface area contributed by atoms with Crippen LogP contribution in [-0.2, 0) is 6.54 Å². The minimum absolute atomic E-state index is 0.110. The van der Waals surface area contributed by atoms with E-state index in [4.69, 9.17) is 5.73 Å². The van der Waals surface area contributed by atoms with Crippen molar-refractivity contribution < 1.29 is 8.78 Å². The highest BCUT2D eigenvalue weighted by atomic mass is 19.2. The first-order chi connectivity index (χ1) is 15.6. The minimum atomic E-state index is -1.04. The van der Waals surface area contributed by atoms with E-state index in [0.29, 0.717) is 5.56 Å². The van der Waals surface area contributed by atoms with Crippen LogP contribution >= 0.6 is 0 Å². The number of aromatic nitrogens is 5. The van der Waals surface area contributed by atoms with Crippen molar-refractivity contribution in [2.45, 2.75) is 19.4 Å². The molecule has 1 aliphatic heterocycles. The summed E-state index contributed by atoms with van der Waals surface area (Å²) in [5.74, 6) is -1.67. The first kappa shape index (κ1) is 20.2. The van der Waals surface area contributed by atoms with Crippen molar-refractivity contribution in [3.63, 3.8) is 0 Å². The maximum absolute atomic E-state index is 14.3. The Labute approximate surface area is 183 Å². The Kier molecular flexibility index (Phi) is 5.32. The van der Waals surface area contributed by atoms with Crippen LogP contribution in [0.4, 0.5) is 14.6 Å². The molecule has 2 aromatic carbocycles. The van der Waals surface area contributed by atoms with Crippen molar-refractivity contribution in [2.24, 2.45) is 0 Å². The number of benzene rings is 2. The summed E-state index contributed by atoms with van der Waals surface area (Å²) >= 11 is 0. The summed E-state index contributed by atoms with van der Waals surface area (Å²) in [6, 6.07) is 13.9. The molecule has 0 saturated carbocycles. The number of anilines is 1.